The Morgan fingerprint density at radius 1 is 1.14 bits per heavy atom. The van der Waals surface area contributed by atoms with Gasteiger partial charge in [0.2, 0.25) is 0 Å². The molecule has 2 aromatic carbocycles. The second kappa shape index (κ2) is 9.16. The number of aliphatic carboxylic acids is 1. The molecule has 0 bridgehead atoms. The lowest BCUT2D eigenvalue weighted by Crippen LogP contribution is -2.46. The molecule has 2 rings (SSSR count). The molecule has 1 unspecified atom stereocenters. The van der Waals surface area contributed by atoms with E-state index in [1.165, 1.54) is 19.2 Å². The van der Waals surface area contributed by atoms with Gasteiger partial charge >= 0.3 is 12.6 Å². The first kappa shape index (κ1) is 21.1. The van der Waals surface area contributed by atoms with Crippen LogP contribution in [0.1, 0.15) is 29.3 Å². The molecule has 150 valence electrons. The van der Waals surface area contributed by atoms with E-state index >= 15 is 0 Å². The lowest BCUT2D eigenvalue weighted by Gasteiger charge is -2.29. The highest BCUT2D eigenvalue weighted by molar-refractivity contribution is 5.95. The van der Waals surface area contributed by atoms with Gasteiger partial charge in [-0.2, -0.15) is 8.78 Å². The van der Waals surface area contributed by atoms with Crippen LogP contribution in [0.25, 0.3) is 0 Å². The molecule has 0 spiro atoms. The fraction of sp³-hybridized carbons (Fsp3) is 0.300. The number of nitrogens with one attached hydrogen (secondary N) is 1. The number of amides is 1. The van der Waals surface area contributed by atoms with Crippen molar-refractivity contribution in [2.75, 3.05) is 13.7 Å². The molecule has 2 aromatic rings. The number of rotatable bonds is 9. The highest BCUT2D eigenvalue weighted by Gasteiger charge is 2.39. The van der Waals surface area contributed by atoms with Gasteiger partial charge < -0.3 is 19.9 Å². The summed E-state index contributed by atoms with van der Waals surface area (Å²) in [4.78, 5) is 24.5. The Morgan fingerprint density at radius 3 is 2.36 bits per heavy atom. The smallest absolute Gasteiger partial charge is 0.387 e. The fourth-order valence-corrected chi connectivity index (χ4v) is 2.88. The predicted molar refractivity (Wildman–Crippen MR) is 98.0 cm³/mol. The fourth-order valence-electron chi connectivity index (χ4n) is 2.88. The van der Waals surface area contributed by atoms with E-state index in [2.05, 4.69) is 10.1 Å². The van der Waals surface area contributed by atoms with E-state index in [9.17, 15) is 23.5 Å². The van der Waals surface area contributed by atoms with Gasteiger partial charge in [0.05, 0.1) is 7.11 Å². The van der Waals surface area contributed by atoms with E-state index in [0.29, 0.717) is 5.56 Å². The first-order valence-electron chi connectivity index (χ1n) is 8.54. The largest absolute Gasteiger partial charge is 0.493 e. The molecule has 0 aliphatic heterocycles. The molecule has 28 heavy (non-hydrogen) atoms. The summed E-state index contributed by atoms with van der Waals surface area (Å²) >= 11 is 0. The molecular weight excluding hydrogens is 372 g/mol. The molecule has 0 aromatic heterocycles. The van der Waals surface area contributed by atoms with Crippen molar-refractivity contribution in [3.05, 3.63) is 59.7 Å². The van der Waals surface area contributed by atoms with Gasteiger partial charge in [0.15, 0.2) is 11.5 Å². The van der Waals surface area contributed by atoms with E-state index in [-0.39, 0.29) is 30.0 Å². The maximum Gasteiger partial charge on any atom is 0.387 e. The third kappa shape index (κ3) is 4.57. The number of ether oxygens (including phenoxy) is 2. The summed E-state index contributed by atoms with van der Waals surface area (Å²) in [6, 6.07) is 12.4. The molecule has 2 N–H and O–H groups in total. The van der Waals surface area contributed by atoms with Crippen LogP contribution >= 0.6 is 0 Å². The van der Waals surface area contributed by atoms with E-state index in [4.69, 9.17) is 4.74 Å². The van der Waals surface area contributed by atoms with Crippen LogP contribution in [0.4, 0.5) is 8.78 Å². The molecule has 0 heterocycles. The van der Waals surface area contributed by atoms with Crippen LogP contribution in [0.5, 0.6) is 11.5 Å². The number of benzene rings is 2. The second-order valence-corrected chi connectivity index (χ2v) is 6.03. The first-order chi connectivity index (χ1) is 13.3. The number of halogens is 2. The summed E-state index contributed by atoms with van der Waals surface area (Å²) in [5.41, 5.74) is -0.715. The number of carbonyl (C=O) groups excluding carboxylic acids is 1. The van der Waals surface area contributed by atoms with E-state index in [1.807, 2.05) is 0 Å². The highest BCUT2D eigenvalue weighted by Crippen LogP contribution is 2.30. The zero-order valence-corrected chi connectivity index (χ0v) is 15.4. The van der Waals surface area contributed by atoms with Crippen LogP contribution in [0.3, 0.4) is 0 Å². The average Bonchev–Trinajstić information content (AvgIpc) is 2.68. The molecule has 1 amide bonds. The van der Waals surface area contributed by atoms with Gasteiger partial charge in [-0.15, -0.1) is 0 Å². The van der Waals surface area contributed by atoms with Crippen molar-refractivity contribution < 1.29 is 33.0 Å². The minimum atomic E-state index is -3.08. The Kier molecular flexibility index (Phi) is 6.92. The molecule has 0 aliphatic carbocycles. The van der Waals surface area contributed by atoms with Gasteiger partial charge in [0.25, 0.3) is 5.91 Å². The van der Waals surface area contributed by atoms with Crippen molar-refractivity contribution in [3.63, 3.8) is 0 Å². The Hall–Kier alpha value is -3.16. The Morgan fingerprint density at radius 2 is 1.82 bits per heavy atom. The summed E-state index contributed by atoms with van der Waals surface area (Å²) in [5, 5.41) is 12.4. The number of hydrogen-bond donors (Lipinski definition) is 2. The van der Waals surface area contributed by atoms with Crippen molar-refractivity contribution in [1.82, 2.24) is 5.32 Å². The number of carboxylic acids is 1. The van der Waals surface area contributed by atoms with Crippen molar-refractivity contribution in [1.29, 1.82) is 0 Å². The van der Waals surface area contributed by atoms with Gasteiger partial charge in [-0.3, -0.25) is 9.59 Å². The highest BCUT2D eigenvalue weighted by atomic mass is 19.3. The Bertz CT molecular complexity index is 829. The summed E-state index contributed by atoms with van der Waals surface area (Å²) in [6.45, 7) is -1.53. The normalized spacial score (nSPS) is 12.9. The van der Waals surface area contributed by atoms with Gasteiger partial charge in [-0.05, 0) is 30.2 Å². The number of carboxylic acid groups (broad SMARTS) is 1. The van der Waals surface area contributed by atoms with Crippen LogP contribution in [0.2, 0.25) is 0 Å². The maximum absolute atomic E-state index is 12.6. The van der Waals surface area contributed by atoms with Gasteiger partial charge in [0.1, 0.15) is 5.41 Å². The summed E-state index contributed by atoms with van der Waals surface area (Å²) in [7, 11) is 1.29. The van der Waals surface area contributed by atoms with E-state index in [1.54, 1.807) is 37.3 Å². The van der Waals surface area contributed by atoms with Crippen molar-refractivity contribution in [3.8, 4) is 11.5 Å². The Balaban J connectivity index is 2.25. The third-order valence-electron chi connectivity index (χ3n) is 4.53. The number of carbonyl (C=O) groups is 2. The van der Waals surface area contributed by atoms with Gasteiger partial charge in [0, 0.05) is 12.1 Å². The standard InChI is InChI=1S/C20H21F2NO5/c1-3-20(18(25)26,14-7-5-4-6-8-14)12-23-17(24)13-9-10-15(27-2)16(11-13)28-19(21)22/h4-11,19H,3,12H2,1-2H3,(H,23,24)(H,25,26). The Labute approximate surface area is 161 Å². The summed E-state index contributed by atoms with van der Waals surface area (Å²) in [5.74, 6) is -1.92. The average molecular weight is 393 g/mol. The second-order valence-electron chi connectivity index (χ2n) is 6.03. The van der Waals surface area contributed by atoms with Crippen LogP contribution < -0.4 is 14.8 Å². The molecular formula is C20H21F2NO5. The predicted octanol–water partition coefficient (Wildman–Crippen LogP) is 3.46. The monoisotopic (exact) mass is 393 g/mol. The molecule has 0 saturated carbocycles. The quantitative estimate of drug-likeness (QED) is 0.682. The van der Waals surface area contributed by atoms with E-state index in [0.717, 1.165) is 6.07 Å². The lowest BCUT2D eigenvalue weighted by molar-refractivity contribution is -0.143. The molecule has 1 atom stereocenters. The number of alkyl halides is 2. The number of methoxy groups -OCH3 is 1. The maximum atomic E-state index is 12.6. The zero-order chi connectivity index (χ0) is 20.7. The van der Waals surface area contributed by atoms with Crippen molar-refractivity contribution in [2.24, 2.45) is 0 Å². The molecule has 0 aliphatic rings. The van der Waals surface area contributed by atoms with Gasteiger partial charge in [-0.1, -0.05) is 37.3 Å². The van der Waals surface area contributed by atoms with Crippen LogP contribution in [0, 0.1) is 0 Å². The topological polar surface area (TPSA) is 84.9 Å². The van der Waals surface area contributed by atoms with Crippen LogP contribution in [-0.2, 0) is 10.2 Å². The molecule has 0 fully saturated rings. The number of hydrogen-bond acceptors (Lipinski definition) is 4. The third-order valence-corrected chi connectivity index (χ3v) is 4.53. The van der Waals surface area contributed by atoms with E-state index < -0.39 is 23.9 Å². The molecule has 0 radical (unpaired) electrons. The molecule has 6 nitrogen and oxygen atoms in total. The summed E-state index contributed by atoms with van der Waals surface area (Å²) in [6.07, 6.45) is 0.245. The van der Waals surface area contributed by atoms with Crippen LogP contribution in [-0.4, -0.2) is 37.2 Å². The first-order valence-corrected chi connectivity index (χ1v) is 8.54. The zero-order valence-electron chi connectivity index (χ0n) is 15.4. The minimum Gasteiger partial charge on any atom is -0.493 e. The molecule has 0 saturated heterocycles. The SMILES string of the molecule is CCC(CNC(=O)c1ccc(OC)c(OC(F)F)c1)(C(=O)O)c1ccccc1. The van der Waals surface area contributed by atoms with Crippen molar-refractivity contribution >= 4 is 11.9 Å². The summed E-state index contributed by atoms with van der Waals surface area (Å²) < 4.78 is 34.4. The minimum absolute atomic E-state index is 0.0416. The molecule has 8 heteroatoms. The lowest BCUT2D eigenvalue weighted by atomic mass is 9.78. The van der Waals surface area contributed by atoms with Gasteiger partial charge in [-0.25, -0.2) is 0 Å². The van der Waals surface area contributed by atoms with Crippen LogP contribution in [0.15, 0.2) is 48.5 Å². The van der Waals surface area contributed by atoms with Crippen molar-refractivity contribution in [2.45, 2.75) is 25.4 Å².